The molecule has 0 aliphatic carbocycles. The van der Waals surface area contributed by atoms with E-state index in [9.17, 15) is 4.39 Å². The van der Waals surface area contributed by atoms with Crippen molar-refractivity contribution in [1.29, 1.82) is 0 Å². The monoisotopic (exact) mass is 295 g/mol. The predicted octanol–water partition coefficient (Wildman–Crippen LogP) is 3.34. The largest absolute Gasteiger partial charge is 0.423 e. The van der Waals surface area contributed by atoms with Crippen LogP contribution in [-0.2, 0) is 6.42 Å². The molecule has 6 heteroatoms. The van der Waals surface area contributed by atoms with Gasteiger partial charge in [0.2, 0.25) is 0 Å². The first-order valence-corrected chi connectivity index (χ1v) is 6.65. The molecule has 0 spiro atoms. The maximum atomic E-state index is 12.9. The molecule has 4 nitrogen and oxygen atoms in total. The second-order valence-corrected chi connectivity index (χ2v) is 4.83. The second kappa shape index (κ2) is 6.63. The zero-order valence-electron chi connectivity index (χ0n) is 11.0. The van der Waals surface area contributed by atoms with Crippen LogP contribution in [0.3, 0.4) is 0 Å². The summed E-state index contributed by atoms with van der Waals surface area (Å²) in [6.45, 7) is 2.03. The topological polar surface area (TPSA) is 61.0 Å². The van der Waals surface area contributed by atoms with Crippen LogP contribution in [0, 0.1) is 5.82 Å². The third-order valence-electron chi connectivity index (χ3n) is 2.80. The van der Waals surface area contributed by atoms with Crippen LogP contribution in [-0.4, -0.2) is 16.0 Å². The molecule has 106 valence electrons. The number of nitrogens with two attached hydrogens (primary N) is 1. The minimum atomic E-state index is -0.424. The zero-order valence-corrected chi connectivity index (χ0v) is 11.8. The highest BCUT2D eigenvalue weighted by Crippen LogP contribution is 2.27. The number of hydrogen-bond donors (Lipinski definition) is 1. The van der Waals surface area contributed by atoms with Crippen LogP contribution >= 0.6 is 11.6 Å². The molecule has 0 saturated carbocycles. The molecule has 20 heavy (non-hydrogen) atoms. The van der Waals surface area contributed by atoms with Crippen LogP contribution in [0.15, 0.2) is 30.6 Å². The van der Waals surface area contributed by atoms with E-state index in [1.54, 1.807) is 12.4 Å². The van der Waals surface area contributed by atoms with Gasteiger partial charge in [0, 0.05) is 18.4 Å². The Morgan fingerprint density at radius 3 is 2.65 bits per heavy atom. The van der Waals surface area contributed by atoms with Crippen LogP contribution in [0.4, 0.5) is 4.39 Å². The van der Waals surface area contributed by atoms with Gasteiger partial charge < -0.3 is 10.5 Å². The van der Waals surface area contributed by atoms with Crippen molar-refractivity contribution in [3.63, 3.8) is 0 Å². The molecule has 0 fully saturated rings. The summed E-state index contributed by atoms with van der Waals surface area (Å²) in [7, 11) is 0. The van der Waals surface area contributed by atoms with Gasteiger partial charge in [0.1, 0.15) is 11.6 Å². The van der Waals surface area contributed by atoms with Crippen LogP contribution in [0.2, 0.25) is 5.02 Å². The standard InChI is InChI=1S/C14H15ClFN3O/c1-2-11(17)5-9-7-18-14(19-8-9)20-13-4-3-10(16)6-12(13)15/h3-4,6-8,11H,2,5,17H2,1H3. The number of aromatic nitrogens is 2. The molecule has 0 aliphatic heterocycles. The molecule has 1 atom stereocenters. The van der Waals surface area contributed by atoms with Gasteiger partial charge in [-0.15, -0.1) is 0 Å². The van der Waals surface area contributed by atoms with Crippen LogP contribution < -0.4 is 10.5 Å². The average molecular weight is 296 g/mol. The lowest BCUT2D eigenvalue weighted by Gasteiger charge is -2.09. The van der Waals surface area contributed by atoms with Crippen molar-refractivity contribution in [2.45, 2.75) is 25.8 Å². The molecule has 0 radical (unpaired) electrons. The van der Waals surface area contributed by atoms with Gasteiger partial charge >= 0.3 is 6.01 Å². The summed E-state index contributed by atoms with van der Waals surface area (Å²) in [6, 6.07) is 4.12. The van der Waals surface area contributed by atoms with E-state index in [2.05, 4.69) is 9.97 Å². The van der Waals surface area contributed by atoms with Gasteiger partial charge in [0.15, 0.2) is 0 Å². The Bertz CT molecular complexity index is 577. The van der Waals surface area contributed by atoms with E-state index in [0.717, 1.165) is 12.0 Å². The van der Waals surface area contributed by atoms with Crippen LogP contribution in [0.1, 0.15) is 18.9 Å². The number of nitrogens with zero attached hydrogens (tertiary/aromatic N) is 2. The summed E-state index contributed by atoms with van der Waals surface area (Å²) in [6.07, 6.45) is 4.93. The molecule has 0 saturated heterocycles. The Morgan fingerprint density at radius 1 is 1.35 bits per heavy atom. The minimum absolute atomic E-state index is 0.0944. The van der Waals surface area contributed by atoms with Gasteiger partial charge in [-0.1, -0.05) is 18.5 Å². The lowest BCUT2D eigenvalue weighted by molar-refractivity contribution is 0.439. The molecule has 2 rings (SSSR count). The fourth-order valence-corrected chi connectivity index (χ4v) is 1.81. The van der Waals surface area contributed by atoms with Crippen molar-refractivity contribution >= 4 is 11.6 Å². The molecule has 0 bridgehead atoms. The quantitative estimate of drug-likeness (QED) is 0.919. The fraction of sp³-hybridized carbons (Fsp3) is 0.286. The van der Waals surface area contributed by atoms with E-state index in [4.69, 9.17) is 22.1 Å². The summed E-state index contributed by atoms with van der Waals surface area (Å²) in [5, 5.41) is 0.172. The smallest absolute Gasteiger partial charge is 0.321 e. The molecule has 1 heterocycles. The Labute approximate surface area is 121 Å². The molecule has 1 unspecified atom stereocenters. The maximum Gasteiger partial charge on any atom is 0.321 e. The van der Waals surface area contributed by atoms with Crippen molar-refractivity contribution in [2.75, 3.05) is 0 Å². The molecule has 0 aliphatic rings. The van der Waals surface area contributed by atoms with Gasteiger partial charge in [-0.3, -0.25) is 0 Å². The summed E-state index contributed by atoms with van der Waals surface area (Å²) < 4.78 is 18.3. The van der Waals surface area contributed by atoms with Gasteiger partial charge in [-0.2, -0.15) is 0 Å². The van der Waals surface area contributed by atoms with Crippen molar-refractivity contribution < 1.29 is 9.13 Å². The Hall–Kier alpha value is -1.72. The van der Waals surface area contributed by atoms with E-state index in [1.807, 2.05) is 6.92 Å². The van der Waals surface area contributed by atoms with Crippen molar-refractivity contribution in [2.24, 2.45) is 5.73 Å². The summed E-state index contributed by atoms with van der Waals surface area (Å²) in [4.78, 5) is 8.17. The lowest BCUT2D eigenvalue weighted by Crippen LogP contribution is -2.21. The van der Waals surface area contributed by atoms with Gasteiger partial charge in [-0.05, 0) is 36.6 Å². The van der Waals surface area contributed by atoms with Crippen LogP contribution in [0.25, 0.3) is 0 Å². The van der Waals surface area contributed by atoms with E-state index < -0.39 is 5.82 Å². The highest BCUT2D eigenvalue weighted by Gasteiger charge is 2.07. The van der Waals surface area contributed by atoms with Gasteiger partial charge in [-0.25, -0.2) is 14.4 Å². The first kappa shape index (κ1) is 14.7. The van der Waals surface area contributed by atoms with Crippen molar-refractivity contribution in [3.05, 3.63) is 47.0 Å². The maximum absolute atomic E-state index is 12.9. The highest BCUT2D eigenvalue weighted by molar-refractivity contribution is 6.32. The van der Waals surface area contributed by atoms with Gasteiger partial charge in [0.25, 0.3) is 0 Å². The summed E-state index contributed by atoms with van der Waals surface area (Å²) >= 11 is 5.86. The minimum Gasteiger partial charge on any atom is -0.423 e. The summed E-state index contributed by atoms with van der Waals surface area (Å²) in [5.41, 5.74) is 6.80. The molecular formula is C14H15ClFN3O. The van der Waals surface area contributed by atoms with E-state index in [-0.39, 0.29) is 17.1 Å². The summed E-state index contributed by atoms with van der Waals surface area (Å²) in [5.74, 6) is -0.113. The second-order valence-electron chi connectivity index (χ2n) is 4.42. The van der Waals surface area contributed by atoms with Gasteiger partial charge in [0.05, 0.1) is 5.02 Å². The van der Waals surface area contributed by atoms with Crippen molar-refractivity contribution in [1.82, 2.24) is 9.97 Å². The first-order valence-electron chi connectivity index (χ1n) is 6.28. The van der Waals surface area contributed by atoms with E-state index >= 15 is 0 Å². The third-order valence-corrected chi connectivity index (χ3v) is 3.09. The predicted molar refractivity (Wildman–Crippen MR) is 75.5 cm³/mol. The number of hydrogen-bond acceptors (Lipinski definition) is 4. The zero-order chi connectivity index (χ0) is 14.5. The number of rotatable bonds is 5. The van der Waals surface area contributed by atoms with Crippen LogP contribution in [0.5, 0.6) is 11.8 Å². The first-order chi connectivity index (χ1) is 9.58. The lowest BCUT2D eigenvalue weighted by atomic mass is 10.1. The highest BCUT2D eigenvalue weighted by atomic mass is 35.5. The Balaban J connectivity index is 2.07. The number of halogens is 2. The molecule has 2 aromatic rings. The number of benzene rings is 1. The molecule has 1 aromatic carbocycles. The Morgan fingerprint density at radius 2 is 2.05 bits per heavy atom. The SMILES string of the molecule is CCC(N)Cc1cnc(Oc2ccc(F)cc2Cl)nc1. The molecular weight excluding hydrogens is 281 g/mol. The normalized spacial score (nSPS) is 12.2. The third kappa shape index (κ3) is 3.88. The molecule has 2 N–H and O–H groups in total. The van der Waals surface area contributed by atoms with Crippen molar-refractivity contribution in [3.8, 4) is 11.8 Å². The van der Waals surface area contributed by atoms with E-state index in [1.165, 1.54) is 18.2 Å². The molecule has 1 aromatic heterocycles. The van der Waals surface area contributed by atoms with E-state index in [0.29, 0.717) is 12.2 Å². The Kier molecular flexibility index (Phi) is 4.87. The fourth-order valence-electron chi connectivity index (χ4n) is 1.60. The average Bonchev–Trinajstić information content (AvgIpc) is 2.44. The molecule has 0 amide bonds. The number of ether oxygens (including phenoxy) is 1.